The molecule has 0 aromatic carbocycles. The van der Waals surface area contributed by atoms with E-state index >= 15 is 0 Å². The summed E-state index contributed by atoms with van der Waals surface area (Å²) in [7, 11) is 1.61. The van der Waals surface area contributed by atoms with Crippen molar-refractivity contribution >= 4 is 17.2 Å². The van der Waals surface area contributed by atoms with Gasteiger partial charge in [-0.15, -0.1) is 11.3 Å². The monoisotopic (exact) mass is 267 g/mol. The van der Waals surface area contributed by atoms with Crippen molar-refractivity contribution in [1.82, 2.24) is 5.32 Å². The van der Waals surface area contributed by atoms with E-state index in [-0.39, 0.29) is 18.6 Å². The number of hydrogen-bond donors (Lipinski definition) is 2. The van der Waals surface area contributed by atoms with Crippen LogP contribution < -0.4 is 5.32 Å². The summed E-state index contributed by atoms with van der Waals surface area (Å²) in [4.78, 5) is 12.6. The minimum Gasteiger partial charge on any atom is -0.384 e. The van der Waals surface area contributed by atoms with E-state index < -0.39 is 0 Å². The average Bonchev–Trinajstić information content (AvgIpc) is 2.84. The zero-order valence-electron chi connectivity index (χ0n) is 10.5. The lowest BCUT2D eigenvalue weighted by Gasteiger charge is -2.15. The third-order valence-corrected chi connectivity index (χ3v) is 3.28. The van der Waals surface area contributed by atoms with E-state index in [0.29, 0.717) is 17.0 Å². The quantitative estimate of drug-likeness (QED) is 0.789. The van der Waals surface area contributed by atoms with Crippen molar-refractivity contribution in [3.05, 3.63) is 21.9 Å². The third kappa shape index (κ3) is 4.15. The molecule has 2 N–H and O–H groups in total. The van der Waals surface area contributed by atoms with Crippen LogP contribution in [-0.4, -0.2) is 37.4 Å². The molecule has 18 heavy (non-hydrogen) atoms. The summed E-state index contributed by atoms with van der Waals surface area (Å²) in [5.74, 6) is 5.17. The first-order valence-electron chi connectivity index (χ1n) is 5.69. The summed E-state index contributed by atoms with van der Waals surface area (Å²) in [6, 6.07) is 1.78. The predicted molar refractivity (Wildman–Crippen MR) is 71.7 cm³/mol. The molecule has 0 saturated heterocycles. The van der Waals surface area contributed by atoms with Crippen molar-refractivity contribution in [1.29, 1.82) is 0 Å². The van der Waals surface area contributed by atoms with Gasteiger partial charge in [0.05, 0.1) is 12.6 Å². The zero-order valence-corrected chi connectivity index (χ0v) is 11.3. The van der Waals surface area contributed by atoms with Crippen LogP contribution in [0.3, 0.4) is 0 Å². The third-order valence-electron chi connectivity index (χ3n) is 2.37. The second kappa shape index (κ2) is 7.88. The molecule has 1 aromatic heterocycles. The van der Waals surface area contributed by atoms with Gasteiger partial charge in [-0.05, 0) is 17.9 Å². The van der Waals surface area contributed by atoms with Gasteiger partial charge in [0.25, 0.3) is 5.91 Å². The molecule has 4 nitrogen and oxygen atoms in total. The largest absolute Gasteiger partial charge is 0.384 e. The first-order valence-corrected chi connectivity index (χ1v) is 6.57. The van der Waals surface area contributed by atoms with Gasteiger partial charge in [-0.25, -0.2) is 0 Å². The molecule has 1 unspecified atom stereocenters. The molecule has 0 aliphatic rings. The molecule has 1 aromatic rings. The Labute approximate surface area is 111 Å². The summed E-state index contributed by atoms with van der Waals surface area (Å²) in [6.07, 6.45) is 0.808. The van der Waals surface area contributed by atoms with Crippen LogP contribution in [-0.2, 0) is 4.74 Å². The predicted octanol–water partition coefficient (Wildman–Crippen LogP) is 1.25. The number of rotatable bonds is 5. The molecule has 0 saturated carbocycles. The summed E-state index contributed by atoms with van der Waals surface area (Å²) < 4.78 is 5.04. The number of aliphatic hydroxyl groups is 1. The molecule has 0 radical (unpaired) electrons. The van der Waals surface area contributed by atoms with Gasteiger partial charge < -0.3 is 15.2 Å². The van der Waals surface area contributed by atoms with Crippen molar-refractivity contribution in [3.8, 4) is 11.8 Å². The highest BCUT2D eigenvalue weighted by Crippen LogP contribution is 2.16. The first-order chi connectivity index (χ1) is 8.72. The van der Waals surface area contributed by atoms with Gasteiger partial charge in [-0.3, -0.25) is 4.79 Å². The summed E-state index contributed by atoms with van der Waals surface area (Å²) in [5, 5.41) is 13.4. The number of thiophene rings is 1. The average molecular weight is 267 g/mol. The Balaban J connectivity index is 2.74. The fourth-order valence-corrected chi connectivity index (χ4v) is 2.18. The van der Waals surface area contributed by atoms with Crippen molar-refractivity contribution in [2.24, 2.45) is 0 Å². The smallest absolute Gasteiger partial charge is 0.262 e. The number of nitrogens with one attached hydrogen (secondary N) is 1. The first kappa shape index (κ1) is 14.7. The van der Waals surface area contributed by atoms with E-state index in [4.69, 9.17) is 9.84 Å². The maximum absolute atomic E-state index is 12.0. The number of carbonyl (C=O) groups is 1. The van der Waals surface area contributed by atoms with Crippen LogP contribution in [0.1, 0.15) is 28.6 Å². The van der Waals surface area contributed by atoms with Crippen molar-refractivity contribution in [2.75, 3.05) is 20.3 Å². The Kier molecular flexibility index (Phi) is 6.44. The topological polar surface area (TPSA) is 58.6 Å². The van der Waals surface area contributed by atoms with Crippen molar-refractivity contribution in [3.63, 3.8) is 0 Å². The highest BCUT2D eigenvalue weighted by Gasteiger charge is 2.15. The molecule has 5 heteroatoms. The zero-order chi connectivity index (χ0) is 13.4. The minimum absolute atomic E-state index is 0.00301. The fraction of sp³-hybridized carbons (Fsp3) is 0.462. The molecule has 1 amide bonds. The molecule has 0 aliphatic carbocycles. The molecule has 98 valence electrons. The van der Waals surface area contributed by atoms with Crippen LogP contribution in [0, 0.1) is 11.8 Å². The van der Waals surface area contributed by atoms with Gasteiger partial charge in [0, 0.05) is 12.7 Å². The van der Waals surface area contributed by atoms with E-state index in [0.717, 1.165) is 6.42 Å². The molecular weight excluding hydrogens is 250 g/mol. The molecule has 1 rings (SSSR count). The lowest BCUT2D eigenvalue weighted by atomic mass is 10.2. The molecule has 0 aliphatic heterocycles. The standard InChI is InChI=1S/C13H17NO3S/c1-3-11(9-17-2)14-13(16)12-10(5-4-7-15)6-8-18-12/h6,8,11,15H,3,7,9H2,1-2H3,(H,14,16). The van der Waals surface area contributed by atoms with Gasteiger partial charge in [-0.2, -0.15) is 0 Å². The van der Waals surface area contributed by atoms with Crippen molar-refractivity contribution in [2.45, 2.75) is 19.4 Å². The van der Waals surface area contributed by atoms with Crippen LogP contribution in [0.4, 0.5) is 0 Å². The van der Waals surface area contributed by atoms with Gasteiger partial charge in [0.1, 0.15) is 11.5 Å². The van der Waals surface area contributed by atoms with Crippen LogP contribution in [0.15, 0.2) is 11.4 Å². The van der Waals surface area contributed by atoms with Gasteiger partial charge >= 0.3 is 0 Å². The molecular formula is C13H17NO3S. The SMILES string of the molecule is CCC(COC)NC(=O)c1sccc1C#CCO. The van der Waals surface area contributed by atoms with Gasteiger partial charge in [0.2, 0.25) is 0 Å². The van der Waals surface area contributed by atoms with Crippen LogP contribution in [0.5, 0.6) is 0 Å². The Morgan fingerprint density at radius 2 is 2.44 bits per heavy atom. The number of amides is 1. The van der Waals surface area contributed by atoms with E-state index in [2.05, 4.69) is 17.2 Å². The van der Waals surface area contributed by atoms with E-state index in [1.807, 2.05) is 12.3 Å². The number of ether oxygens (including phenoxy) is 1. The maximum atomic E-state index is 12.0. The number of hydrogen-bond acceptors (Lipinski definition) is 4. The summed E-state index contributed by atoms with van der Waals surface area (Å²) in [6.45, 7) is 2.27. The Hall–Kier alpha value is -1.35. The van der Waals surface area contributed by atoms with Gasteiger partial charge in [0.15, 0.2) is 0 Å². The van der Waals surface area contributed by atoms with E-state index in [9.17, 15) is 4.79 Å². The van der Waals surface area contributed by atoms with Gasteiger partial charge in [-0.1, -0.05) is 18.8 Å². The molecule has 1 atom stereocenters. The Morgan fingerprint density at radius 1 is 1.67 bits per heavy atom. The maximum Gasteiger partial charge on any atom is 0.262 e. The Morgan fingerprint density at radius 3 is 3.06 bits per heavy atom. The fourth-order valence-electron chi connectivity index (χ4n) is 1.43. The molecule has 0 bridgehead atoms. The molecule has 0 spiro atoms. The minimum atomic E-state index is -0.210. The lowest BCUT2D eigenvalue weighted by Crippen LogP contribution is -2.37. The Bertz CT molecular complexity index is 445. The lowest BCUT2D eigenvalue weighted by molar-refractivity contribution is 0.0898. The van der Waals surface area contributed by atoms with E-state index in [1.54, 1.807) is 13.2 Å². The second-order valence-corrected chi connectivity index (χ2v) is 4.57. The summed E-state index contributed by atoms with van der Waals surface area (Å²) >= 11 is 1.34. The van der Waals surface area contributed by atoms with Crippen LogP contribution >= 0.6 is 11.3 Å². The number of aliphatic hydroxyl groups excluding tert-OH is 1. The highest BCUT2D eigenvalue weighted by atomic mass is 32.1. The van der Waals surface area contributed by atoms with Crippen LogP contribution in [0.2, 0.25) is 0 Å². The van der Waals surface area contributed by atoms with Crippen LogP contribution in [0.25, 0.3) is 0 Å². The second-order valence-electron chi connectivity index (χ2n) is 3.66. The normalized spacial score (nSPS) is 11.5. The molecule has 0 fully saturated rings. The van der Waals surface area contributed by atoms with E-state index in [1.165, 1.54) is 11.3 Å². The number of methoxy groups -OCH3 is 1. The van der Waals surface area contributed by atoms with Crippen molar-refractivity contribution < 1.29 is 14.6 Å². The summed E-state index contributed by atoms with van der Waals surface area (Å²) in [5.41, 5.74) is 0.652. The molecule has 1 heterocycles. The highest BCUT2D eigenvalue weighted by molar-refractivity contribution is 7.12. The number of carbonyl (C=O) groups excluding carboxylic acids is 1.